The molecule has 1 N–H and O–H groups in total. The first-order valence-corrected chi connectivity index (χ1v) is 4.14. The Morgan fingerprint density at radius 2 is 1.91 bits per heavy atom. The standard InChI is InChI=1S/C7H10N2OS/c1-5(2)7-8-3-6(11-10)4-9-7/h3-5,10H,1-2H3. The molecule has 60 valence electrons. The van der Waals surface area contributed by atoms with E-state index in [2.05, 4.69) is 9.97 Å². The fraction of sp³-hybridized carbons (Fsp3) is 0.429. The first kappa shape index (κ1) is 8.49. The van der Waals surface area contributed by atoms with Crippen LogP contribution in [0.15, 0.2) is 17.3 Å². The normalized spacial score (nSPS) is 10.5. The zero-order valence-electron chi connectivity index (χ0n) is 6.48. The van der Waals surface area contributed by atoms with Gasteiger partial charge in [0.15, 0.2) is 0 Å². The lowest BCUT2D eigenvalue weighted by Gasteiger charge is -2.01. The van der Waals surface area contributed by atoms with E-state index in [1.54, 1.807) is 12.4 Å². The van der Waals surface area contributed by atoms with Gasteiger partial charge in [0, 0.05) is 30.4 Å². The van der Waals surface area contributed by atoms with Gasteiger partial charge in [-0.1, -0.05) is 13.8 Å². The van der Waals surface area contributed by atoms with Crippen LogP contribution < -0.4 is 0 Å². The molecule has 0 amide bonds. The minimum absolute atomic E-state index is 0.341. The summed E-state index contributed by atoms with van der Waals surface area (Å²) in [6, 6.07) is 0. The summed E-state index contributed by atoms with van der Waals surface area (Å²) in [5.41, 5.74) is 0. The molecule has 0 bridgehead atoms. The lowest BCUT2D eigenvalue weighted by Crippen LogP contribution is -1.95. The van der Waals surface area contributed by atoms with Crippen LogP contribution in [0.4, 0.5) is 0 Å². The quantitative estimate of drug-likeness (QED) is 0.691. The summed E-state index contributed by atoms with van der Waals surface area (Å²) < 4.78 is 8.60. The molecule has 0 atom stereocenters. The van der Waals surface area contributed by atoms with Crippen LogP contribution in [-0.4, -0.2) is 14.5 Å². The van der Waals surface area contributed by atoms with Crippen LogP contribution in [0, 0.1) is 0 Å². The zero-order valence-corrected chi connectivity index (χ0v) is 7.30. The van der Waals surface area contributed by atoms with Crippen molar-refractivity contribution >= 4 is 12.0 Å². The molecular weight excluding hydrogens is 160 g/mol. The highest BCUT2D eigenvalue weighted by Gasteiger charge is 2.01. The van der Waals surface area contributed by atoms with Gasteiger partial charge in [-0.25, -0.2) is 9.97 Å². The van der Waals surface area contributed by atoms with Gasteiger partial charge in [-0.15, -0.1) is 0 Å². The highest BCUT2D eigenvalue weighted by Crippen LogP contribution is 2.13. The molecule has 11 heavy (non-hydrogen) atoms. The molecule has 0 radical (unpaired) electrons. The SMILES string of the molecule is CC(C)c1ncc(SO)cn1. The molecule has 0 aliphatic carbocycles. The minimum Gasteiger partial charge on any atom is -0.325 e. The van der Waals surface area contributed by atoms with Crippen molar-refractivity contribution in [1.82, 2.24) is 9.97 Å². The summed E-state index contributed by atoms with van der Waals surface area (Å²) in [7, 11) is 0. The monoisotopic (exact) mass is 170 g/mol. The zero-order chi connectivity index (χ0) is 8.27. The van der Waals surface area contributed by atoms with Crippen molar-refractivity contribution in [1.29, 1.82) is 0 Å². The Labute approximate surface area is 70.1 Å². The van der Waals surface area contributed by atoms with Gasteiger partial charge >= 0.3 is 0 Å². The van der Waals surface area contributed by atoms with Crippen molar-refractivity contribution in [3.63, 3.8) is 0 Å². The minimum atomic E-state index is 0.341. The average Bonchev–Trinajstić information content (AvgIpc) is 2.05. The van der Waals surface area contributed by atoms with E-state index in [0.29, 0.717) is 22.9 Å². The molecule has 1 rings (SSSR count). The molecule has 0 aliphatic heterocycles. The Kier molecular flexibility index (Phi) is 2.84. The van der Waals surface area contributed by atoms with Crippen LogP contribution in [-0.2, 0) is 0 Å². The van der Waals surface area contributed by atoms with Crippen LogP contribution in [0.5, 0.6) is 0 Å². The molecule has 0 unspecified atom stereocenters. The highest BCUT2D eigenvalue weighted by atomic mass is 32.2. The lowest BCUT2D eigenvalue weighted by molar-refractivity contribution is 0.661. The Morgan fingerprint density at radius 3 is 2.27 bits per heavy atom. The van der Waals surface area contributed by atoms with Crippen LogP contribution in [0.3, 0.4) is 0 Å². The van der Waals surface area contributed by atoms with Crippen molar-refractivity contribution in [2.75, 3.05) is 0 Å². The largest absolute Gasteiger partial charge is 0.325 e. The summed E-state index contributed by atoms with van der Waals surface area (Å²) in [6.45, 7) is 4.06. The fourth-order valence-electron chi connectivity index (χ4n) is 0.671. The summed E-state index contributed by atoms with van der Waals surface area (Å²) in [5.74, 6) is 1.15. The molecule has 0 aliphatic rings. The van der Waals surface area contributed by atoms with Crippen molar-refractivity contribution in [3.8, 4) is 0 Å². The number of hydrogen-bond acceptors (Lipinski definition) is 4. The molecule has 4 heteroatoms. The molecule has 0 fully saturated rings. The summed E-state index contributed by atoms with van der Waals surface area (Å²) >= 11 is 0.664. The van der Waals surface area contributed by atoms with Gasteiger partial charge in [0.25, 0.3) is 0 Å². The van der Waals surface area contributed by atoms with Crippen molar-refractivity contribution in [2.45, 2.75) is 24.7 Å². The predicted octanol–water partition coefficient (Wildman–Crippen LogP) is 2.17. The Bertz CT molecular complexity index is 222. The van der Waals surface area contributed by atoms with E-state index in [4.69, 9.17) is 4.55 Å². The average molecular weight is 170 g/mol. The Hall–Kier alpha value is -0.610. The molecule has 0 saturated heterocycles. The maximum atomic E-state index is 8.60. The molecule has 1 aromatic heterocycles. The van der Waals surface area contributed by atoms with Crippen molar-refractivity contribution in [3.05, 3.63) is 18.2 Å². The second-order valence-corrected chi connectivity index (χ2v) is 3.18. The van der Waals surface area contributed by atoms with Gasteiger partial charge in [0.05, 0.1) is 4.90 Å². The molecule has 0 spiro atoms. The maximum absolute atomic E-state index is 8.60. The van der Waals surface area contributed by atoms with Crippen LogP contribution in [0.25, 0.3) is 0 Å². The van der Waals surface area contributed by atoms with Gasteiger partial charge in [0.1, 0.15) is 5.82 Å². The third-order valence-corrected chi connectivity index (χ3v) is 1.69. The van der Waals surface area contributed by atoms with Crippen LogP contribution >= 0.6 is 12.0 Å². The number of aromatic nitrogens is 2. The van der Waals surface area contributed by atoms with E-state index in [-0.39, 0.29) is 0 Å². The third-order valence-electron chi connectivity index (χ3n) is 1.27. The first-order valence-electron chi connectivity index (χ1n) is 3.37. The molecule has 0 saturated carbocycles. The lowest BCUT2D eigenvalue weighted by atomic mass is 10.2. The number of nitrogens with zero attached hydrogens (tertiary/aromatic N) is 2. The van der Waals surface area contributed by atoms with Gasteiger partial charge in [-0.2, -0.15) is 0 Å². The van der Waals surface area contributed by atoms with Crippen LogP contribution in [0.1, 0.15) is 25.6 Å². The molecule has 3 nitrogen and oxygen atoms in total. The second-order valence-electron chi connectivity index (χ2n) is 2.52. The number of rotatable bonds is 2. The first-order chi connectivity index (χ1) is 5.24. The van der Waals surface area contributed by atoms with E-state index in [1.807, 2.05) is 13.8 Å². The molecular formula is C7H10N2OS. The van der Waals surface area contributed by atoms with E-state index in [9.17, 15) is 0 Å². The van der Waals surface area contributed by atoms with E-state index < -0.39 is 0 Å². The van der Waals surface area contributed by atoms with Gasteiger partial charge in [-0.05, 0) is 0 Å². The molecule has 0 aromatic carbocycles. The Balaban J connectivity index is 2.83. The smallest absolute Gasteiger partial charge is 0.130 e. The predicted molar refractivity (Wildman–Crippen MR) is 44.6 cm³/mol. The molecule has 1 aromatic rings. The van der Waals surface area contributed by atoms with Gasteiger partial charge in [0.2, 0.25) is 0 Å². The fourth-order valence-corrected chi connectivity index (χ4v) is 0.871. The van der Waals surface area contributed by atoms with E-state index >= 15 is 0 Å². The van der Waals surface area contributed by atoms with Gasteiger partial charge < -0.3 is 4.55 Å². The van der Waals surface area contributed by atoms with Crippen LogP contribution in [0.2, 0.25) is 0 Å². The van der Waals surface area contributed by atoms with E-state index in [0.717, 1.165) is 5.82 Å². The summed E-state index contributed by atoms with van der Waals surface area (Å²) in [4.78, 5) is 8.79. The summed E-state index contributed by atoms with van der Waals surface area (Å²) in [6.07, 6.45) is 3.24. The summed E-state index contributed by atoms with van der Waals surface area (Å²) in [5, 5.41) is 0. The number of hydrogen-bond donors (Lipinski definition) is 1. The third kappa shape index (κ3) is 2.17. The Morgan fingerprint density at radius 1 is 1.36 bits per heavy atom. The molecule has 1 heterocycles. The van der Waals surface area contributed by atoms with E-state index in [1.165, 1.54) is 0 Å². The maximum Gasteiger partial charge on any atom is 0.130 e. The topological polar surface area (TPSA) is 46.0 Å². The van der Waals surface area contributed by atoms with Crippen molar-refractivity contribution in [2.24, 2.45) is 0 Å². The van der Waals surface area contributed by atoms with Crippen molar-refractivity contribution < 1.29 is 4.55 Å². The van der Waals surface area contributed by atoms with Gasteiger partial charge in [-0.3, -0.25) is 0 Å². The highest BCUT2D eigenvalue weighted by molar-refractivity contribution is 7.93. The second kappa shape index (κ2) is 3.69.